The quantitative estimate of drug-likeness (QED) is 0.744. The molecule has 18 heavy (non-hydrogen) atoms. The summed E-state index contributed by atoms with van der Waals surface area (Å²) in [5, 5.41) is 7.98. The van der Waals surface area contributed by atoms with Crippen LogP contribution in [0.1, 0.15) is 5.82 Å². The molecule has 0 radical (unpaired) electrons. The third-order valence-corrected chi connectivity index (χ3v) is 2.57. The molecule has 0 N–H and O–H groups in total. The van der Waals surface area contributed by atoms with Crippen LogP contribution in [0.3, 0.4) is 0 Å². The van der Waals surface area contributed by atoms with Gasteiger partial charge >= 0.3 is 0 Å². The zero-order valence-electron chi connectivity index (χ0n) is 10.5. The van der Waals surface area contributed by atoms with Crippen molar-refractivity contribution in [2.75, 3.05) is 20.3 Å². The van der Waals surface area contributed by atoms with Crippen molar-refractivity contribution in [1.82, 2.24) is 14.8 Å². The molecule has 0 fully saturated rings. The Kier molecular flexibility index (Phi) is 4.72. The van der Waals surface area contributed by atoms with E-state index >= 15 is 0 Å². The Morgan fingerprint density at radius 2 is 2.00 bits per heavy atom. The largest absolute Gasteiger partial charge is 0.493 e. The maximum absolute atomic E-state index is 5.63. The lowest BCUT2D eigenvalue weighted by molar-refractivity contribution is 0.185. The van der Waals surface area contributed by atoms with Crippen LogP contribution >= 0.6 is 0 Å². The van der Waals surface area contributed by atoms with Gasteiger partial charge in [-0.3, -0.25) is 0 Å². The Morgan fingerprint density at radius 1 is 1.17 bits per heavy atom. The molecule has 0 bridgehead atoms. The summed E-state index contributed by atoms with van der Waals surface area (Å²) in [5.41, 5.74) is 0. The van der Waals surface area contributed by atoms with Crippen LogP contribution in [0.4, 0.5) is 0 Å². The summed E-state index contributed by atoms with van der Waals surface area (Å²) in [7, 11) is 1.68. The number of methoxy groups -OCH3 is 1. The molecule has 0 spiro atoms. The SMILES string of the molecule is COCCn1cnnc1CCOc1ccccc1. The van der Waals surface area contributed by atoms with Crippen molar-refractivity contribution in [1.29, 1.82) is 0 Å². The van der Waals surface area contributed by atoms with E-state index in [9.17, 15) is 0 Å². The van der Waals surface area contributed by atoms with E-state index in [1.54, 1.807) is 13.4 Å². The number of hydrogen-bond donors (Lipinski definition) is 0. The number of nitrogens with zero attached hydrogens (tertiary/aromatic N) is 3. The Morgan fingerprint density at radius 3 is 2.78 bits per heavy atom. The second kappa shape index (κ2) is 6.76. The fourth-order valence-electron chi connectivity index (χ4n) is 1.63. The van der Waals surface area contributed by atoms with Gasteiger partial charge in [-0.05, 0) is 12.1 Å². The number of hydrogen-bond acceptors (Lipinski definition) is 4. The maximum Gasteiger partial charge on any atom is 0.136 e. The van der Waals surface area contributed by atoms with Crippen LogP contribution in [0.2, 0.25) is 0 Å². The Bertz CT molecular complexity index is 456. The summed E-state index contributed by atoms with van der Waals surface area (Å²) in [6.07, 6.45) is 2.45. The van der Waals surface area contributed by atoms with Gasteiger partial charge in [-0.1, -0.05) is 18.2 Å². The molecule has 5 heteroatoms. The highest BCUT2D eigenvalue weighted by molar-refractivity contribution is 5.20. The number of aromatic nitrogens is 3. The Labute approximate surface area is 106 Å². The molecule has 2 aromatic rings. The molecule has 96 valence electrons. The number of ether oxygens (including phenoxy) is 2. The second-order valence-corrected chi connectivity index (χ2v) is 3.84. The second-order valence-electron chi connectivity index (χ2n) is 3.84. The highest BCUT2D eigenvalue weighted by Crippen LogP contribution is 2.08. The van der Waals surface area contributed by atoms with Gasteiger partial charge in [0.2, 0.25) is 0 Å². The molecule has 0 aliphatic rings. The first-order chi connectivity index (χ1) is 8.90. The van der Waals surface area contributed by atoms with Crippen LogP contribution in [-0.2, 0) is 17.7 Å². The first kappa shape index (κ1) is 12.6. The number of benzene rings is 1. The van der Waals surface area contributed by atoms with E-state index in [0.29, 0.717) is 13.2 Å². The van der Waals surface area contributed by atoms with Crippen LogP contribution in [-0.4, -0.2) is 35.1 Å². The van der Waals surface area contributed by atoms with E-state index in [2.05, 4.69) is 10.2 Å². The molecular formula is C13H17N3O2. The number of rotatable bonds is 7. The molecule has 0 saturated heterocycles. The molecule has 0 aliphatic carbocycles. The van der Waals surface area contributed by atoms with Gasteiger partial charge in [0, 0.05) is 20.1 Å². The molecular weight excluding hydrogens is 230 g/mol. The summed E-state index contributed by atoms with van der Waals surface area (Å²) >= 11 is 0. The van der Waals surface area contributed by atoms with E-state index in [1.165, 1.54) is 0 Å². The van der Waals surface area contributed by atoms with Gasteiger partial charge in [0.05, 0.1) is 13.2 Å². The summed E-state index contributed by atoms with van der Waals surface area (Å²) in [5.74, 6) is 1.79. The van der Waals surface area contributed by atoms with Gasteiger partial charge in [-0.25, -0.2) is 0 Å². The predicted molar refractivity (Wildman–Crippen MR) is 67.5 cm³/mol. The minimum Gasteiger partial charge on any atom is -0.493 e. The van der Waals surface area contributed by atoms with E-state index in [4.69, 9.17) is 9.47 Å². The highest BCUT2D eigenvalue weighted by atomic mass is 16.5. The molecule has 0 amide bonds. The molecule has 5 nitrogen and oxygen atoms in total. The molecule has 0 unspecified atom stereocenters. The predicted octanol–water partition coefficient (Wildman–Crippen LogP) is 1.55. The van der Waals surface area contributed by atoms with E-state index < -0.39 is 0 Å². The van der Waals surface area contributed by atoms with Crippen molar-refractivity contribution in [3.05, 3.63) is 42.5 Å². The molecule has 0 aliphatic heterocycles. The van der Waals surface area contributed by atoms with Crippen molar-refractivity contribution in [2.24, 2.45) is 0 Å². The Hall–Kier alpha value is -1.88. The average Bonchev–Trinajstić information content (AvgIpc) is 2.85. The van der Waals surface area contributed by atoms with E-state index in [0.717, 1.165) is 24.5 Å². The molecule has 1 aromatic heterocycles. The van der Waals surface area contributed by atoms with Crippen molar-refractivity contribution in [3.63, 3.8) is 0 Å². The van der Waals surface area contributed by atoms with Crippen molar-refractivity contribution >= 4 is 0 Å². The van der Waals surface area contributed by atoms with Gasteiger partial charge in [0.25, 0.3) is 0 Å². The van der Waals surface area contributed by atoms with Crippen molar-refractivity contribution < 1.29 is 9.47 Å². The smallest absolute Gasteiger partial charge is 0.136 e. The highest BCUT2D eigenvalue weighted by Gasteiger charge is 2.04. The summed E-state index contributed by atoms with van der Waals surface area (Å²) < 4.78 is 12.6. The van der Waals surface area contributed by atoms with Gasteiger partial charge < -0.3 is 14.0 Å². The summed E-state index contributed by atoms with van der Waals surface area (Å²) in [6, 6.07) is 9.76. The van der Waals surface area contributed by atoms with E-state index in [-0.39, 0.29) is 0 Å². The number of para-hydroxylation sites is 1. The first-order valence-electron chi connectivity index (χ1n) is 5.93. The third kappa shape index (κ3) is 3.56. The molecule has 0 atom stereocenters. The van der Waals surface area contributed by atoms with Crippen molar-refractivity contribution in [2.45, 2.75) is 13.0 Å². The summed E-state index contributed by atoms with van der Waals surface area (Å²) in [6.45, 7) is 2.02. The standard InChI is InChI=1S/C13H17N3O2/c1-17-10-8-16-11-14-15-13(16)7-9-18-12-5-3-2-4-6-12/h2-6,11H,7-10H2,1H3. The molecule has 2 rings (SSSR count). The average molecular weight is 247 g/mol. The third-order valence-electron chi connectivity index (χ3n) is 2.57. The van der Waals surface area contributed by atoms with Gasteiger partial charge in [0.1, 0.15) is 17.9 Å². The first-order valence-corrected chi connectivity index (χ1v) is 5.93. The van der Waals surface area contributed by atoms with Crippen LogP contribution in [0.5, 0.6) is 5.75 Å². The monoisotopic (exact) mass is 247 g/mol. The van der Waals surface area contributed by atoms with Gasteiger partial charge in [-0.15, -0.1) is 10.2 Å². The van der Waals surface area contributed by atoms with Gasteiger partial charge in [-0.2, -0.15) is 0 Å². The zero-order valence-corrected chi connectivity index (χ0v) is 10.5. The minimum absolute atomic E-state index is 0.593. The van der Waals surface area contributed by atoms with Crippen LogP contribution in [0.15, 0.2) is 36.7 Å². The van der Waals surface area contributed by atoms with Gasteiger partial charge in [0.15, 0.2) is 0 Å². The fraction of sp³-hybridized carbons (Fsp3) is 0.385. The lowest BCUT2D eigenvalue weighted by Gasteiger charge is -2.07. The minimum atomic E-state index is 0.593. The Balaban J connectivity index is 1.81. The maximum atomic E-state index is 5.63. The van der Waals surface area contributed by atoms with Crippen LogP contribution < -0.4 is 4.74 Å². The van der Waals surface area contributed by atoms with Crippen molar-refractivity contribution in [3.8, 4) is 5.75 Å². The van der Waals surface area contributed by atoms with Crippen LogP contribution in [0, 0.1) is 0 Å². The summed E-state index contributed by atoms with van der Waals surface area (Å²) in [4.78, 5) is 0. The molecule has 1 heterocycles. The normalized spacial score (nSPS) is 10.5. The molecule has 0 saturated carbocycles. The van der Waals surface area contributed by atoms with E-state index in [1.807, 2.05) is 34.9 Å². The topological polar surface area (TPSA) is 49.2 Å². The van der Waals surface area contributed by atoms with Crippen LogP contribution in [0.25, 0.3) is 0 Å². The lowest BCUT2D eigenvalue weighted by Crippen LogP contribution is -2.11. The molecule has 1 aromatic carbocycles. The fourth-order valence-corrected chi connectivity index (χ4v) is 1.63. The lowest BCUT2D eigenvalue weighted by atomic mass is 10.3. The zero-order chi connectivity index (χ0) is 12.6.